The lowest BCUT2D eigenvalue weighted by Gasteiger charge is -2.16. The highest BCUT2D eigenvalue weighted by Gasteiger charge is 2.41. The Morgan fingerprint density at radius 2 is 1.93 bits per heavy atom. The minimum Gasteiger partial charge on any atom is -0.483 e. The van der Waals surface area contributed by atoms with E-state index in [1.165, 1.54) is 0 Å². The van der Waals surface area contributed by atoms with E-state index in [2.05, 4.69) is 10.2 Å². The van der Waals surface area contributed by atoms with Crippen LogP contribution in [0.1, 0.15) is 42.0 Å². The molecule has 0 unspecified atom stereocenters. The second kappa shape index (κ2) is 7.82. The second-order valence-electron chi connectivity index (χ2n) is 6.49. The maximum Gasteiger partial charge on any atom is 0.450 e. The molecule has 1 aromatic heterocycles. The Hall–Kier alpha value is -2.82. The summed E-state index contributed by atoms with van der Waals surface area (Å²) in [5, 5.41) is 17.3. The van der Waals surface area contributed by atoms with E-state index in [0.29, 0.717) is 24.4 Å². The van der Waals surface area contributed by atoms with Crippen molar-refractivity contribution in [3.8, 4) is 6.07 Å². The molecular formula is C19H19F3N4O. The highest BCUT2D eigenvalue weighted by Crippen LogP contribution is 2.34. The summed E-state index contributed by atoms with van der Waals surface area (Å²) in [4.78, 5) is 0. The Morgan fingerprint density at radius 1 is 1.19 bits per heavy atom. The number of ether oxygens (including phenoxy) is 1. The number of alkyl halides is 3. The molecule has 2 heterocycles. The molecule has 1 aliphatic heterocycles. The number of rotatable bonds is 4. The zero-order valence-electron chi connectivity index (χ0n) is 14.9. The first-order chi connectivity index (χ1) is 12.9. The van der Waals surface area contributed by atoms with Crippen LogP contribution in [0, 0.1) is 18.3 Å². The molecular weight excluding hydrogens is 357 g/mol. The molecule has 1 aliphatic rings. The molecule has 5 nitrogen and oxygen atoms in total. The van der Waals surface area contributed by atoms with Gasteiger partial charge in [-0.25, -0.2) is 0 Å². The monoisotopic (exact) mass is 376 g/mol. The fourth-order valence-electron chi connectivity index (χ4n) is 3.01. The first-order valence-electron chi connectivity index (χ1n) is 8.72. The van der Waals surface area contributed by atoms with Gasteiger partial charge in [-0.05, 0) is 25.3 Å². The number of nitriles is 1. The lowest BCUT2D eigenvalue weighted by molar-refractivity contribution is -0.131. The topological polar surface area (TPSA) is 63.7 Å². The van der Waals surface area contributed by atoms with Gasteiger partial charge in [-0.3, -0.25) is 0 Å². The van der Waals surface area contributed by atoms with Crippen molar-refractivity contribution in [1.29, 1.82) is 5.26 Å². The third-order valence-electron chi connectivity index (χ3n) is 4.43. The summed E-state index contributed by atoms with van der Waals surface area (Å²) in [7, 11) is 0. The molecule has 27 heavy (non-hydrogen) atoms. The molecule has 3 rings (SSSR count). The fourth-order valence-corrected chi connectivity index (χ4v) is 3.01. The summed E-state index contributed by atoms with van der Waals surface area (Å²) in [5.41, 5.74) is 0.948. The van der Waals surface area contributed by atoms with Gasteiger partial charge >= 0.3 is 6.18 Å². The molecule has 142 valence electrons. The van der Waals surface area contributed by atoms with E-state index in [0.717, 1.165) is 24.8 Å². The van der Waals surface area contributed by atoms with Gasteiger partial charge in [0, 0.05) is 13.0 Å². The van der Waals surface area contributed by atoms with Crippen LogP contribution in [0.25, 0.3) is 5.57 Å². The van der Waals surface area contributed by atoms with Crippen molar-refractivity contribution in [3.63, 3.8) is 0 Å². The Bertz CT molecular complexity index is 876. The van der Waals surface area contributed by atoms with Crippen LogP contribution in [0.2, 0.25) is 0 Å². The average molecular weight is 376 g/mol. The summed E-state index contributed by atoms with van der Waals surface area (Å²) in [5.74, 6) is -0.800. The van der Waals surface area contributed by atoms with Crippen LogP contribution in [-0.4, -0.2) is 20.9 Å². The number of benzene rings is 1. The number of fused-ring (bicyclic) bond motifs is 1. The van der Waals surface area contributed by atoms with Gasteiger partial charge in [0.15, 0.2) is 5.82 Å². The van der Waals surface area contributed by atoms with Crippen molar-refractivity contribution in [1.82, 2.24) is 14.8 Å². The van der Waals surface area contributed by atoms with Crippen molar-refractivity contribution in [3.05, 3.63) is 52.8 Å². The van der Waals surface area contributed by atoms with E-state index in [-0.39, 0.29) is 12.4 Å². The van der Waals surface area contributed by atoms with E-state index in [9.17, 15) is 18.4 Å². The van der Waals surface area contributed by atoms with Crippen LogP contribution in [0.5, 0.6) is 0 Å². The van der Waals surface area contributed by atoms with E-state index in [1.807, 2.05) is 6.92 Å². The smallest absolute Gasteiger partial charge is 0.450 e. The van der Waals surface area contributed by atoms with Gasteiger partial charge in [-0.2, -0.15) is 18.4 Å². The Morgan fingerprint density at radius 3 is 2.59 bits per heavy atom. The molecule has 0 fully saturated rings. The van der Waals surface area contributed by atoms with E-state index in [4.69, 9.17) is 4.74 Å². The standard InChI is InChI=1S/C19H19F3N4O/c1-13-6-8-14(9-7-13)12-27-17(19(20,21)22)15(11-23)18-25-24-16-5-3-2-4-10-26(16)18/h6-9H,2-5,10,12H2,1H3/b17-15+. The molecule has 0 amide bonds. The Labute approximate surface area is 155 Å². The second-order valence-corrected chi connectivity index (χ2v) is 6.49. The first-order valence-corrected chi connectivity index (χ1v) is 8.72. The fraction of sp³-hybridized carbons (Fsp3) is 0.421. The summed E-state index contributed by atoms with van der Waals surface area (Å²) in [6, 6.07) is 8.61. The van der Waals surface area contributed by atoms with Gasteiger partial charge in [0.05, 0.1) is 0 Å². The Balaban J connectivity index is 1.98. The molecule has 1 aromatic carbocycles. The molecule has 2 aromatic rings. The summed E-state index contributed by atoms with van der Waals surface area (Å²) in [6.07, 6.45) is -1.50. The number of hydrogen-bond donors (Lipinski definition) is 0. The maximum absolute atomic E-state index is 13.6. The number of aromatic nitrogens is 3. The molecule has 0 saturated carbocycles. The van der Waals surface area contributed by atoms with E-state index in [1.54, 1.807) is 34.9 Å². The maximum atomic E-state index is 13.6. The van der Waals surface area contributed by atoms with Gasteiger partial charge in [-0.15, -0.1) is 10.2 Å². The highest BCUT2D eigenvalue weighted by atomic mass is 19.4. The minimum atomic E-state index is -4.81. The molecule has 0 saturated heterocycles. The van der Waals surface area contributed by atoms with Crippen LogP contribution in [0.3, 0.4) is 0 Å². The average Bonchev–Trinajstić information content (AvgIpc) is 2.86. The number of halogens is 3. The summed E-state index contributed by atoms with van der Waals surface area (Å²) in [6.45, 7) is 2.09. The molecule has 8 heteroatoms. The number of aryl methyl sites for hydroxylation is 2. The van der Waals surface area contributed by atoms with Crippen molar-refractivity contribution in [2.45, 2.75) is 51.9 Å². The van der Waals surface area contributed by atoms with Crippen LogP contribution in [-0.2, 0) is 24.3 Å². The predicted molar refractivity (Wildman–Crippen MR) is 92.1 cm³/mol. The minimum absolute atomic E-state index is 0.0781. The van der Waals surface area contributed by atoms with E-state index < -0.39 is 17.5 Å². The first kappa shape index (κ1) is 19.0. The van der Waals surface area contributed by atoms with Crippen LogP contribution < -0.4 is 0 Å². The highest BCUT2D eigenvalue weighted by molar-refractivity contribution is 5.75. The lowest BCUT2D eigenvalue weighted by atomic mass is 10.1. The lowest BCUT2D eigenvalue weighted by Crippen LogP contribution is -2.18. The van der Waals surface area contributed by atoms with Crippen LogP contribution in [0.4, 0.5) is 13.2 Å². The number of hydrogen-bond acceptors (Lipinski definition) is 4. The molecule has 0 bridgehead atoms. The van der Waals surface area contributed by atoms with Crippen molar-refractivity contribution >= 4 is 5.57 Å². The number of allylic oxidation sites excluding steroid dienone is 2. The van der Waals surface area contributed by atoms with Crippen LogP contribution >= 0.6 is 0 Å². The molecule has 0 N–H and O–H groups in total. The largest absolute Gasteiger partial charge is 0.483 e. The Kier molecular flexibility index (Phi) is 5.49. The third-order valence-corrected chi connectivity index (χ3v) is 4.43. The van der Waals surface area contributed by atoms with Gasteiger partial charge in [0.2, 0.25) is 5.76 Å². The summed E-state index contributed by atoms with van der Waals surface area (Å²) >= 11 is 0. The van der Waals surface area contributed by atoms with Crippen molar-refractivity contribution in [2.75, 3.05) is 0 Å². The third kappa shape index (κ3) is 4.30. The van der Waals surface area contributed by atoms with Gasteiger partial charge in [0.1, 0.15) is 24.1 Å². The normalized spacial score (nSPS) is 15.4. The van der Waals surface area contributed by atoms with E-state index >= 15 is 0 Å². The molecule has 0 spiro atoms. The van der Waals surface area contributed by atoms with Gasteiger partial charge in [-0.1, -0.05) is 36.2 Å². The SMILES string of the molecule is Cc1ccc(CO/C(=C(\C#N)c2nnc3n2CCCCC3)C(F)(F)F)cc1. The van der Waals surface area contributed by atoms with Crippen LogP contribution in [0.15, 0.2) is 30.0 Å². The zero-order valence-corrected chi connectivity index (χ0v) is 14.9. The predicted octanol–water partition coefficient (Wildman–Crippen LogP) is 4.33. The molecule has 0 aliphatic carbocycles. The molecule has 0 atom stereocenters. The van der Waals surface area contributed by atoms with Gasteiger partial charge < -0.3 is 9.30 Å². The molecule has 0 radical (unpaired) electrons. The van der Waals surface area contributed by atoms with Crippen molar-refractivity contribution in [2.24, 2.45) is 0 Å². The summed E-state index contributed by atoms with van der Waals surface area (Å²) < 4.78 is 47.6. The van der Waals surface area contributed by atoms with Gasteiger partial charge in [0.25, 0.3) is 0 Å². The van der Waals surface area contributed by atoms with Crippen molar-refractivity contribution < 1.29 is 17.9 Å². The zero-order chi connectivity index (χ0) is 19.4. The quantitative estimate of drug-likeness (QED) is 0.589. The number of nitrogens with zero attached hydrogens (tertiary/aromatic N) is 4.